The van der Waals surface area contributed by atoms with Gasteiger partial charge < -0.3 is 14.6 Å². The van der Waals surface area contributed by atoms with E-state index < -0.39 is 21.5 Å². The average Bonchev–Trinajstić information content (AvgIpc) is 2.70. The van der Waals surface area contributed by atoms with Crippen LogP contribution >= 0.6 is 0 Å². The first-order valence-electron chi connectivity index (χ1n) is 8.66. The monoisotopic (exact) mass is 409 g/mol. The minimum Gasteiger partial charge on any atom is -0.379 e. The highest BCUT2D eigenvalue weighted by Crippen LogP contribution is 2.15. The number of morpholine rings is 1. The second-order valence-electron chi connectivity index (χ2n) is 6.25. The average molecular weight is 409 g/mol. The van der Waals surface area contributed by atoms with Crippen molar-refractivity contribution in [1.82, 2.24) is 14.2 Å². The Morgan fingerprint density at radius 3 is 2.46 bits per heavy atom. The molecule has 2 aromatic rings. The fourth-order valence-electron chi connectivity index (χ4n) is 2.74. The van der Waals surface area contributed by atoms with Crippen molar-refractivity contribution in [2.75, 3.05) is 26.3 Å². The number of aromatic nitrogens is 1. The molecule has 150 valence electrons. The molecule has 1 fully saturated rings. The second kappa shape index (κ2) is 8.63. The van der Waals surface area contributed by atoms with E-state index in [0.717, 1.165) is 10.6 Å². The van der Waals surface area contributed by atoms with Crippen LogP contribution in [0.1, 0.15) is 5.56 Å². The number of nitrogens with zero attached hydrogens (tertiary/aromatic N) is 2. The van der Waals surface area contributed by atoms with Crippen molar-refractivity contribution in [1.29, 1.82) is 0 Å². The lowest BCUT2D eigenvalue weighted by Gasteiger charge is -2.26. The van der Waals surface area contributed by atoms with E-state index in [1.54, 1.807) is 0 Å². The number of hydrogen-bond acceptors (Lipinski definition) is 5. The molecular formula is C18H20FN3O5S. The number of halogens is 1. The molecule has 1 N–H and O–H groups in total. The molecule has 3 rings (SSSR count). The molecule has 28 heavy (non-hydrogen) atoms. The Kier molecular flexibility index (Phi) is 6.22. The van der Waals surface area contributed by atoms with Gasteiger partial charge in [0.25, 0.3) is 5.56 Å². The molecule has 0 atom stereocenters. The molecule has 1 amide bonds. The largest absolute Gasteiger partial charge is 0.379 e. The summed E-state index contributed by atoms with van der Waals surface area (Å²) in [5, 5.41) is 2.62. The molecule has 0 spiro atoms. The van der Waals surface area contributed by atoms with Crippen LogP contribution in [0.2, 0.25) is 0 Å². The van der Waals surface area contributed by atoms with Crippen molar-refractivity contribution in [3.8, 4) is 0 Å². The van der Waals surface area contributed by atoms with Crippen LogP contribution in [0, 0.1) is 5.82 Å². The molecule has 1 aliphatic rings. The molecule has 0 saturated carbocycles. The lowest BCUT2D eigenvalue weighted by Crippen LogP contribution is -2.41. The minimum atomic E-state index is -3.77. The highest BCUT2D eigenvalue weighted by Gasteiger charge is 2.27. The lowest BCUT2D eigenvalue weighted by atomic mass is 10.2. The topological polar surface area (TPSA) is 97.7 Å². The maximum absolute atomic E-state index is 12.9. The van der Waals surface area contributed by atoms with Gasteiger partial charge in [-0.15, -0.1) is 0 Å². The van der Waals surface area contributed by atoms with Crippen LogP contribution in [0.25, 0.3) is 0 Å². The van der Waals surface area contributed by atoms with Gasteiger partial charge in [-0.1, -0.05) is 12.1 Å². The zero-order valence-electron chi connectivity index (χ0n) is 15.0. The number of carbonyl (C=O) groups excluding carboxylic acids is 1. The van der Waals surface area contributed by atoms with E-state index in [2.05, 4.69) is 5.32 Å². The van der Waals surface area contributed by atoms with Gasteiger partial charge in [0.2, 0.25) is 15.9 Å². The molecule has 0 bridgehead atoms. The first-order chi connectivity index (χ1) is 13.4. The summed E-state index contributed by atoms with van der Waals surface area (Å²) in [7, 11) is -3.77. The fraction of sp³-hybridized carbons (Fsp3) is 0.333. The highest BCUT2D eigenvalue weighted by atomic mass is 32.2. The number of amides is 1. The van der Waals surface area contributed by atoms with Gasteiger partial charge in [-0.3, -0.25) is 9.59 Å². The Labute approximate surface area is 161 Å². The second-order valence-corrected chi connectivity index (χ2v) is 8.19. The summed E-state index contributed by atoms with van der Waals surface area (Å²) in [6.45, 7) is 0.931. The number of pyridine rings is 1. The Morgan fingerprint density at radius 1 is 1.11 bits per heavy atom. The minimum absolute atomic E-state index is 0.0552. The van der Waals surface area contributed by atoms with Gasteiger partial charge >= 0.3 is 0 Å². The number of rotatable bonds is 6. The zero-order valence-corrected chi connectivity index (χ0v) is 15.8. The van der Waals surface area contributed by atoms with Crippen LogP contribution in [-0.2, 0) is 32.6 Å². The fourth-order valence-corrected chi connectivity index (χ4v) is 4.16. The number of nitrogens with one attached hydrogen (secondary N) is 1. The Hall–Kier alpha value is -2.56. The first-order valence-corrected chi connectivity index (χ1v) is 10.1. The molecule has 0 aliphatic carbocycles. The number of carbonyl (C=O) groups is 1. The summed E-state index contributed by atoms with van der Waals surface area (Å²) in [4.78, 5) is 24.1. The van der Waals surface area contributed by atoms with Crippen LogP contribution in [0.5, 0.6) is 0 Å². The maximum atomic E-state index is 12.9. The molecule has 1 aliphatic heterocycles. The van der Waals surface area contributed by atoms with E-state index in [1.165, 1.54) is 40.8 Å². The molecule has 10 heteroatoms. The van der Waals surface area contributed by atoms with E-state index in [0.29, 0.717) is 18.8 Å². The summed E-state index contributed by atoms with van der Waals surface area (Å²) >= 11 is 0. The summed E-state index contributed by atoms with van der Waals surface area (Å²) in [5.41, 5.74) is 0.212. The van der Waals surface area contributed by atoms with E-state index in [4.69, 9.17) is 4.74 Å². The van der Waals surface area contributed by atoms with Gasteiger partial charge in [0, 0.05) is 31.9 Å². The molecule has 1 aromatic heterocycles. The highest BCUT2D eigenvalue weighted by molar-refractivity contribution is 7.89. The van der Waals surface area contributed by atoms with E-state index in [-0.39, 0.29) is 36.9 Å². The predicted molar refractivity (Wildman–Crippen MR) is 98.5 cm³/mol. The number of sulfonamides is 1. The Morgan fingerprint density at radius 2 is 1.79 bits per heavy atom. The van der Waals surface area contributed by atoms with E-state index >= 15 is 0 Å². The van der Waals surface area contributed by atoms with Crippen molar-refractivity contribution in [2.45, 2.75) is 18.0 Å². The number of benzene rings is 1. The quantitative estimate of drug-likeness (QED) is 0.741. The van der Waals surface area contributed by atoms with Crippen LogP contribution < -0.4 is 10.9 Å². The van der Waals surface area contributed by atoms with Gasteiger partial charge in [0.1, 0.15) is 12.4 Å². The molecule has 8 nitrogen and oxygen atoms in total. The van der Waals surface area contributed by atoms with Gasteiger partial charge in [-0.25, -0.2) is 12.8 Å². The molecular weight excluding hydrogens is 389 g/mol. The number of ether oxygens (including phenoxy) is 1. The molecule has 0 radical (unpaired) electrons. The molecule has 1 saturated heterocycles. The molecule has 0 unspecified atom stereocenters. The predicted octanol–water partition coefficient (Wildman–Crippen LogP) is 0.325. The van der Waals surface area contributed by atoms with Crippen LogP contribution in [0.15, 0.2) is 52.3 Å². The normalized spacial score (nSPS) is 15.3. The first kappa shape index (κ1) is 20.2. The summed E-state index contributed by atoms with van der Waals surface area (Å²) in [5.74, 6) is -0.840. The van der Waals surface area contributed by atoms with Gasteiger partial charge in [0.05, 0.1) is 18.1 Å². The van der Waals surface area contributed by atoms with Gasteiger partial charge in [-0.05, 0) is 23.8 Å². The standard InChI is InChI=1S/C18H20FN3O5S/c19-15-3-1-14(2-4-15)11-20-17(23)13-21-12-16(5-6-18(21)24)28(25,26)22-7-9-27-10-8-22/h1-6,12H,7-11,13H2,(H,20,23). The zero-order chi connectivity index (χ0) is 20.1. The Bertz CT molecular complexity index is 999. The third kappa shape index (κ3) is 4.83. The van der Waals surface area contributed by atoms with Crippen molar-refractivity contribution >= 4 is 15.9 Å². The summed E-state index contributed by atoms with van der Waals surface area (Å²) in [6.07, 6.45) is 1.17. The van der Waals surface area contributed by atoms with Crippen LogP contribution in [-0.4, -0.2) is 49.5 Å². The smallest absolute Gasteiger partial charge is 0.251 e. The maximum Gasteiger partial charge on any atom is 0.251 e. The van der Waals surface area contributed by atoms with Crippen molar-refractivity contribution in [3.63, 3.8) is 0 Å². The van der Waals surface area contributed by atoms with Crippen molar-refractivity contribution in [2.24, 2.45) is 0 Å². The Balaban J connectivity index is 1.69. The third-order valence-electron chi connectivity index (χ3n) is 4.28. The summed E-state index contributed by atoms with van der Waals surface area (Å²) < 4.78 is 45.8. The van der Waals surface area contributed by atoms with E-state index in [9.17, 15) is 22.4 Å². The molecule has 2 heterocycles. The van der Waals surface area contributed by atoms with Crippen LogP contribution in [0.4, 0.5) is 4.39 Å². The summed E-state index contributed by atoms with van der Waals surface area (Å²) in [6, 6.07) is 8.01. The van der Waals surface area contributed by atoms with Crippen LogP contribution in [0.3, 0.4) is 0 Å². The third-order valence-corrected chi connectivity index (χ3v) is 6.16. The van der Waals surface area contributed by atoms with Gasteiger partial charge in [-0.2, -0.15) is 4.31 Å². The number of hydrogen-bond donors (Lipinski definition) is 1. The SMILES string of the molecule is O=C(Cn1cc(S(=O)(=O)N2CCOCC2)ccc1=O)NCc1ccc(F)cc1. The lowest BCUT2D eigenvalue weighted by molar-refractivity contribution is -0.121. The van der Waals surface area contributed by atoms with Crippen molar-refractivity contribution < 1.29 is 22.3 Å². The van der Waals surface area contributed by atoms with Crippen molar-refractivity contribution in [3.05, 3.63) is 64.3 Å². The van der Waals surface area contributed by atoms with E-state index in [1.807, 2.05) is 0 Å². The molecule has 1 aromatic carbocycles. The van der Waals surface area contributed by atoms with Gasteiger partial charge in [0.15, 0.2) is 0 Å².